The van der Waals surface area contributed by atoms with Crippen LogP contribution >= 0.6 is 0 Å². The lowest BCUT2D eigenvalue weighted by atomic mass is 9.76. The Labute approximate surface area is 108 Å². The average Bonchev–Trinajstić information content (AvgIpc) is 2.81. The number of rotatable bonds is 3. The van der Waals surface area contributed by atoms with E-state index < -0.39 is 5.54 Å². The summed E-state index contributed by atoms with van der Waals surface area (Å²) in [4.78, 5) is 12.3. The fraction of sp³-hybridized carbons (Fsp3) is 0.643. The molecule has 4 nitrogen and oxygen atoms in total. The van der Waals surface area contributed by atoms with Crippen LogP contribution in [0, 0.1) is 5.92 Å². The van der Waals surface area contributed by atoms with Crippen molar-refractivity contribution >= 4 is 5.91 Å². The number of hydrogen-bond acceptors (Lipinski definition) is 3. The Kier molecular flexibility index (Phi) is 3.76. The Balaban J connectivity index is 1.98. The quantitative estimate of drug-likeness (QED) is 0.865. The maximum Gasteiger partial charge on any atom is 0.240 e. The zero-order valence-electron chi connectivity index (χ0n) is 11.1. The molecule has 1 aliphatic carbocycles. The van der Waals surface area contributed by atoms with E-state index in [1.165, 1.54) is 6.42 Å². The van der Waals surface area contributed by atoms with Crippen molar-refractivity contribution in [3.8, 4) is 0 Å². The highest BCUT2D eigenvalue weighted by molar-refractivity contribution is 5.86. The summed E-state index contributed by atoms with van der Waals surface area (Å²) in [6, 6.07) is 3.54. The topological polar surface area (TPSA) is 68.3 Å². The molecule has 1 fully saturated rings. The Bertz CT molecular complexity index is 402. The zero-order chi connectivity index (χ0) is 13.2. The van der Waals surface area contributed by atoms with Crippen LogP contribution in [0.25, 0.3) is 0 Å². The molecular weight excluding hydrogens is 228 g/mol. The van der Waals surface area contributed by atoms with Crippen LogP contribution in [0.5, 0.6) is 0 Å². The summed E-state index contributed by atoms with van der Waals surface area (Å²) in [6.07, 6.45) is 5.34. The smallest absolute Gasteiger partial charge is 0.240 e. The predicted molar refractivity (Wildman–Crippen MR) is 69.8 cm³/mol. The van der Waals surface area contributed by atoms with Crippen LogP contribution < -0.4 is 11.1 Å². The number of carbonyl (C=O) groups is 1. The predicted octanol–water partition coefficient (Wildman–Crippen LogP) is 2.36. The lowest BCUT2D eigenvalue weighted by Gasteiger charge is -2.36. The van der Waals surface area contributed by atoms with E-state index in [9.17, 15) is 4.79 Å². The van der Waals surface area contributed by atoms with Crippen LogP contribution in [-0.2, 0) is 4.79 Å². The van der Waals surface area contributed by atoms with Gasteiger partial charge in [-0.05, 0) is 37.8 Å². The van der Waals surface area contributed by atoms with Gasteiger partial charge in [0.2, 0.25) is 5.91 Å². The molecule has 0 aromatic carbocycles. The second-order valence-corrected chi connectivity index (χ2v) is 5.57. The van der Waals surface area contributed by atoms with E-state index in [1.54, 1.807) is 6.26 Å². The number of nitrogens with two attached hydrogens (primary N) is 1. The molecule has 100 valence electrons. The third-order valence-corrected chi connectivity index (χ3v) is 3.80. The molecule has 0 saturated heterocycles. The van der Waals surface area contributed by atoms with Crippen LogP contribution in [0.4, 0.5) is 0 Å². The number of carbonyl (C=O) groups excluding carboxylic acids is 1. The minimum atomic E-state index is -0.710. The number of furan rings is 1. The summed E-state index contributed by atoms with van der Waals surface area (Å²) >= 11 is 0. The van der Waals surface area contributed by atoms with Crippen LogP contribution in [0.1, 0.15) is 51.3 Å². The second kappa shape index (κ2) is 5.14. The molecule has 1 aromatic rings. The van der Waals surface area contributed by atoms with Gasteiger partial charge in [0.05, 0.1) is 17.8 Å². The largest absolute Gasteiger partial charge is 0.467 e. The van der Waals surface area contributed by atoms with Crippen molar-refractivity contribution in [2.24, 2.45) is 11.7 Å². The molecule has 1 aromatic heterocycles. The molecule has 2 rings (SSSR count). The molecule has 18 heavy (non-hydrogen) atoms. The van der Waals surface area contributed by atoms with Crippen molar-refractivity contribution in [2.75, 3.05) is 0 Å². The molecule has 1 saturated carbocycles. The van der Waals surface area contributed by atoms with Crippen LogP contribution in [0.3, 0.4) is 0 Å². The highest BCUT2D eigenvalue weighted by atomic mass is 16.3. The van der Waals surface area contributed by atoms with E-state index >= 15 is 0 Å². The minimum Gasteiger partial charge on any atom is -0.467 e. The van der Waals surface area contributed by atoms with Gasteiger partial charge in [-0.3, -0.25) is 4.79 Å². The highest BCUT2D eigenvalue weighted by Gasteiger charge is 2.38. The van der Waals surface area contributed by atoms with Crippen molar-refractivity contribution in [3.05, 3.63) is 24.2 Å². The van der Waals surface area contributed by atoms with E-state index in [2.05, 4.69) is 12.2 Å². The van der Waals surface area contributed by atoms with Gasteiger partial charge in [0.1, 0.15) is 5.76 Å². The molecule has 3 atom stereocenters. The van der Waals surface area contributed by atoms with Gasteiger partial charge in [0.15, 0.2) is 0 Å². The lowest BCUT2D eigenvalue weighted by Crippen LogP contribution is -2.56. The van der Waals surface area contributed by atoms with Crippen LogP contribution in [0.15, 0.2) is 22.8 Å². The fourth-order valence-electron chi connectivity index (χ4n) is 2.75. The van der Waals surface area contributed by atoms with Crippen LogP contribution in [0.2, 0.25) is 0 Å². The maximum absolute atomic E-state index is 12.3. The first-order valence-electron chi connectivity index (χ1n) is 6.64. The van der Waals surface area contributed by atoms with E-state index in [0.29, 0.717) is 5.92 Å². The molecule has 1 heterocycles. The first-order chi connectivity index (χ1) is 8.51. The first-order valence-corrected chi connectivity index (χ1v) is 6.64. The van der Waals surface area contributed by atoms with Crippen molar-refractivity contribution in [1.82, 2.24) is 5.32 Å². The molecule has 0 aliphatic heterocycles. The molecule has 1 aliphatic rings. The Morgan fingerprint density at radius 2 is 2.44 bits per heavy atom. The maximum atomic E-state index is 12.3. The molecule has 0 spiro atoms. The highest BCUT2D eigenvalue weighted by Crippen LogP contribution is 2.31. The van der Waals surface area contributed by atoms with Gasteiger partial charge in [0, 0.05) is 0 Å². The second-order valence-electron chi connectivity index (χ2n) is 5.57. The fourth-order valence-corrected chi connectivity index (χ4v) is 2.75. The monoisotopic (exact) mass is 250 g/mol. The summed E-state index contributed by atoms with van der Waals surface area (Å²) in [5.74, 6) is 1.22. The third-order valence-electron chi connectivity index (χ3n) is 3.80. The minimum absolute atomic E-state index is 0.0575. The third kappa shape index (κ3) is 2.75. The first kappa shape index (κ1) is 13.1. The van der Waals surface area contributed by atoms with Gasteiger partial charge in [-0.25, -0.2) is 0 Å². The van der Waals surface area contributed by atoms with Crippen molar-refractivity contribution in [1.29, 1.82) is 0 Å². The number of hydrogen-bond donors (Lipinski definition) is 2. The van der Waals surface area contributed by atoms with E-state index in [1.807, 2.05) is 19.1 Å². The standard InChI is InChI=1S/C14H22N2O2/c1-10-5-3-7-14(15,9-10)13(17)16-11(2)12-6-4-8-18-12/h4,6,8,10-11H,3,5,7,9,15H2,1-2H3,(H,16,17). The Morgan fingerprint density at radius 3 is 3.06 bits per heavy atom. The van der Waals surface area contributed by atoms with Gasteiger partial charge in [-0.2, -0.15) is 0 Å². The summed E-state index contributed by atoms with van der Waals surface area (Å²) in [5.41, 5.74) is 5.54. The SMILES string of the molecule is CC1CCCC(N)(C(=O)NC(C)c2ccco2)C1. The molecule has 3 unspecified atom stereocenters. The van der Waals surface area contributed by atoms with Crippen molar-refractivity contribution < 1.29 is 9.21 Å². The van der Waals surface area contributed by atoms with E-state index in [0.717, 1.165) is 25.0 Å². The van der Waals surface area contributed by atoms with Gasteiger partial charge >= 0.3 is 0 Å². The number of amides is 1. The summed E-state index contributed by atoms with van der Waals surface area (Å²) in [6.45, 7) is 4.07. The normalized spacial score (nSPS) is 29.8. The average molecular weight is 250 g/mol. The number of nitrogens with one attached hydrogen (secondary N) is 1. The molecule has 0 bridgehead atoms. The molecular formula is C14H22N2O2. The van der Waals surface area contributed by atoms with Gasteiger partial charge < -0.3 is 15.5 Å². The van der Waals surface area contributed by atoms with Crippen molar-refractivity contribution in [2.45, 2.75) is 51.1 Å². The van der Waals surface area contributed by atoms with Gasteiger partial charge in [-0.1, -0.05) is 19.8 Å². The van der Waals surface area contributed by atoms with E-state index in [-0.39, 0.29) is 11.9 Å². The Morgan fingerprint density at radius 1 is 1.67 bits per heavy atom. The Hall–Kier alpha value is -1.29. The van der Waals surface area contributed by atoms with Gasteiger partial charge in [-0.15, -0.1) is 0 Å². The van der Waals surface area contributed by atoms with Gasteiger partial charge in [0.25, 0.3) is 0 Å². The summed E-state index contributed by atoms with van der Waals surface area (Å²) < 4.78 is 5.28. The molecule has 3 N–H and O–H groups in total. The molecule has 1 amide bonds. The zero-order valence-corrected chi connectivity index (χ0v) is 11.1. The molecule has 0 radical (unpaired) electrons. The van der Waals surface area contributed by atoms with Crippen molar-refractivity contribution in [3.63, 3.8) is 0 Å². The van der Waals surface area contributed by atoms with E-state index in [4.69, 9.17) is 10.2 Å². The lowest BCUT2D eigenvalue weighted by molar-refractivity contribution is -0.128. The van der Waals surface area contributed by atoms with Crippen LogP contribution in [-0.4, -0.2) is 11.4 Å². The molecule has 4 heteroatoms. The summed E-state index contributed by atoms with van der Waals surface area (Å²) in [7, 11) is 0. The summed E-state index contributed by atoms with van der Waals surface area (Å²) in [5, 5.41) is 2.96.